The Morgan fingerprint density at radius 2 is 2.30 bits per heavy atom. The second-order valence-corrected chi connectivity index (χ2v) is 5.20. The summed E-state index contributed by atoms with van der Waals surface area (Å²) in [5.74, 6) is 0.585. The molecule has 0 bridgehead atoms. The molecule has 1 aromatic heterocycles. The molecule has 106 valence electrons. The summed E-state index contributed by atoms with van der Waals surface area (Å²) in [5, 5.41) is 11.7. The summed E-state index contributed by atoms with van der Waals surface area (Å²) in [4.78, 5) is 0. The molecule has 1 heterocycles. The zero-order chi connectivity index (χ0) is 13.8. The number of nitrogens with one attached hydrogen (secondary N) is 1. The van der Waals surface area contributed by atoms with Crippen LogP contribution in [0.25, 0.3) is 0 Å². The van der Waals surface area contributed by atoms with Crippen LogP contribution in [-0.4, -0.2) is 35.3 Å². The van der Waals surface area contributed by atoms with Crippen LogP contribution in [0.1, 0.15) is 22.7 Å². The number of rotatable bonds is 7. The molecule has 1 aliphatic carbocycles. The van der Waals surface area contributed by atoms with Gasteiger partial charge in [0.2, 0.25) is 0 Å². The third-order valence-corrected chi connectivity index (χ3v) is 3.74. The third kappa shape index (κ3) is 2.89. The molecule has 0 saturated carbocycles. The van der Waals surface area contributed by atoms with Crippen molar-refractivity contribution in [3.8, 4) is 0 Å². The van der Waals surface area contributed by atoms with Crippen LogP contribution in [0.3, 0.4) is 0 Å². The van der Waals surface area contributed by atoms with E-state index < -0.39 is 0 Å². The number of aromatic nitrogens is 3. The summed E-state index contributed by atoms with van der Waals surface area (Å²) in [6.07, 6.45) is 3.18. The van der Waals surface area contributed by atoms with Crippen LogP contribution < -0.4 is 5.32 Å². The zero-order valence-electron chi connectivity index (χ0n) is 11.7. The van der Waals surface area contributed by atoms with E-state index in [4.69, 9.17) is 4.74 Å². The van der Waals surface area contributed by atoms with Crippen LogP contribution in [-0.2, 0) is 24.2 Å². The fourth-order valence-electron chi connectivity index (χ4n) is 2.65. The first-order valence-electron chi connectivity index (χ1n) is 7.03. The van der Waals surface area contributed by atoms with E-state index in [1.165, 1.54) is 11.1 Å². The molecule has 0 aliphatic heterocycles. The first-order chi connectivity index (χ1) is 9.86. The average Bonchev–Trinajstić information content (AvgIpc) is 2.89. The van der Waals surface area contributed by atoms with Crippen molar-refractivity contribution in [3.05, 3.63) is 47.3 Å². The van der Waals surface area contributed by atoms with Gasteiger partial charge in [-0.05, 0) is 17.5 Å². The van der Waals surface area contributed by atoms with Gasteiger partial charge in [-0.2, -0.15) is 0 Å². The number of ether oxygens (including phenoxy) is 1. The molecule has 0 saturated heterocycles. The van der Waals surface area contributed by atoms with E-state index in [0.717, 1.165) is 31.7 Å². The van der Waals surface area contributed by atoms with Gasteiger partial charge in [-0.1, -0.05) is 29.5 Å². The molecule has 1 N–H and O–H groups in total. The van der Waals surface area contributed by atoms with Crippen molar-refractivity contribution in [3.63, 3.8) is 0 Å². The maximum atomic E-state index is 4.99. The Balaban J connectivity index is 1.51. The van der Waals surface area contributed by atoms with Gasteiger partial charge in [0, 0.05) is 38.9 Å². The summed E-state index contributed by atoms with van der Waals surface area (Å²) in [6.45, 7) is 3.21. The van der Waals surface area contributed by atoms with Gasteiger partial charge in [0.1, 0.15) is 0 Å². The lowest BCUT2D eigenvalue weighted by molar-refractivity contribution is 0.199. The predicted molar refractivity (Wildman–Crippen MR) is 76.5 cm³/mol. The SMILES string of the molecule is COCCNCc1cn(CC2Cc3ccccc32)nn1. The highest BCUT2D eigenvalue weighted by Gasteiger charge is 2.25. The van der Waals surface area contributed by atoms with E-state index in [1.807, 2.05) is 10.9 Å². The zero-order valence-corrected chi connectivity index (χ0v) is 11.7. The fraction of sp³-hybridized carbons (Fsp3) is 0.467. The minimum Gasteiger partial charge on any atom is -0.383 e. The van der Waals surface area contributed by atoms with Crippen LogP contribution >= 0.6 is 0 Å². The van der Waals surface area contributed by atoms with E-state index in [2.05, 4.69) is 39.9 Å². The number of fused-ring (bicyclic) bond motifs is 1. The Labute approximate surface area is 118 Å². The summed E-state index contributed by atoms with van der Waals surface area (Å²) >= 11 is 0. The van der Waals surface area contributed by atoms with E-state index in [9.17, 15) is 0 Å². The molecule has 1 aromatic carbocycles. The van der Waals surface area contributed by atoms with Gasteiger partial charge in [-0.25, -0.2) is 0 Å². The molecule has 1 unspecified atom stereocenters. The maximum Gasteiger partial charge on any atom is 0.0964 e. The van der Waals surface area contributed by atoms with Crippen LogP contribution in [0.5, 0.6) is 0 Å². The Morgan fingerprint density at radius 3 is 3.15 bits per heavy atom. The number of hydrogen-bond donors (Lipinski definition) is 1. The second kappa shape index (κ2) is 6.15. The normalized spacial score (nSPS) is 16.8. The molecule has 20 heavy (non-hydrogen) atoms. The topological polar surface area (TPSA) is 52.0 Å². The van der Waals surface area contributed by atoms with Crippen molar-refractivity contribution >= 4 is 0 Å². The van der Waals surface area contributed by atoms with Gasteiger partial charge in [-0.3, -0.25) is 4.68 Å². The number of benzene rings is 1. The maximum absolute atomic E-state index is 4.99. The smallest absolute Gasteiger partial charge is 0.0964 e. The lowest BCUT2D eigenvalue weighted by atomic mass is 9.78. The molecule has 0 spiro atoms. The second-order valence-electron chi connectivity index (χ2n) is 5.20. The van der Waals surface area contributed by atoms with Crippen molar-refractivity contribution in [1.29, 1.82) is 0 Å². The van der Waals surface area contributed by atoms with E-state index in [1.54, 1.807) is 7.11 Å². The first kappa shape index (κ1) is 13.3. The van der Waals surface area contributed by atoms with Crippen LogP contribution in [0.2, 0.25) is 0 Å². The molecule has 1 atom stereocenters. The summed E-state index contributed by atoms with van der Waals surface area (Å²) in [5.41, 5.74) is 3.91. The quantitative estimate of drug-likeness (QED) is 0.773. The van der Waals surface area contributed by atoms with Gasteiger partial charge >= 0.3 is 0 Å². The van der Waals surface area contributed by atoms with Gasteiger partial charge < -0.3 is 10.1 Å². The number of nitrogens with zero attached hydrogens (tertiary/aromatic N) is 3. The summed E-state index contributed by atoms with van der Waals surface area (Å²) in [7, 11) is 1.70. The van der Waals surface area contributed by atoms with E-state index in [0.29, 0.717) is 12.5 Å². The molecule has 5 nitrogen and oxygen atoms in total. The first-order valence-corrected chi connectivity index (χ1v) is 7.03. The Morgan fingerprint density at radius 1 is 1.40 bits per heavy atom. The van der Waals surface area contributed by atoms with Crippen molar-refractivity contribution < 1.29 is 4.74 Å². The van der Waals surface area contributed by atoms with Gasteiger partial charge in [0.15, 0.2) is 0 Å². The molecule has 3 rings (SSSR count). The lowest BCUT2D eigenvalue weighted by Gasteiger charge is -2.29. The van der Waals surface area contributed by atoms with Gasteiger partial charge in [0.25, 0.3) is 0 Å². The Kier molecular flexibility index (Phi) is 4.08. The van der Waals surface area contributed by atoms with Crippen molar-refractivity contribution in [2.45, 2.75) is 25.4 Å². The van der Waals surface area contributed by atoms with E-state index >= 15 is 0 Å². The van der Waals surface area contributed by atoms with Crippen molar-refractivity contribution in [1.82, 2.24) is 20.3 Å². The Hall–Kier alpha value is -1.72. The average molecular weight is 272 g/mol. The third-order valence-electron chi connectivity index (χ3n) is 3.74. The lowest BCUT2D eigenvalue weighted by Crippen LogP contribution is -2.22. The predicted octanol–water partition coefficient (Wildman–Crippen LogP) is 1.35. The van der Waals surface area contributed by atoms with Crippen LogP contribution in [0, 0.1) is 0 Å². The molecular weight excluding hydrogens is 252 g/mol. The minimum atomic E-state index is 0.585. The van der Waals surface area contributed by atoms with Crippen LogP contribution in [0.4, 0.5) is 0 Å². The summed E-state index contributed by atoms with van der Waals surface area (Å²) < 4.78 is 6.94. The molecule has 2 aromatic rings. The minimum absolute atomic E-state index is 0.585. The van der Waals surface area contributed by atoms with Gasteiger partial charge in [0.05, 0.1) is 12.3 Å². The fourth-order valence-corrected chi connectivity index (χ4v) is 2.65. The van der Waals surface area contributed by atoms with Crippen LogP contribution in [0.15, 0.2) is 30.5 Å². The highest BCUT2D eigenvalue weighted by molar-refractivity contribution is 5.39. The monoisotopic (exact) mass is 272 g/mol. The number of methoxy groups -OCH3 is 1. The molecule has 5 heteroatoms. The molecule has 0 fully saturated rings. The van der Waals surface area contributed by atoms with Crippen molar-refractivity contribution in [2.75, 3.05) is 20.3 Å². The van der Waals surface area contributed by atoms with Crippen molar-refractivity contribution in [2.24, 2.45) is 0 Å². The summed E-state index contributed by atoms with van der Waals surface area (Å²) in [6, 6.07) is 8.64. The van der Waals surface area contributed by atoms with Gasteiger partial charge in [-0.15, -0.1) is 5.10 Å². The largest absolute Gasteiger partial charge is 0.383 e. The molecular formula is C15H20N4O. The highest BCUT2D eigenvalue weighted by Crippen LogP contribution is 2.35. The standard InChI is InChI=1S/C15H20N4O/c1-20-7-6-16-9-14-11-19(18-17-14)10-13-8-12-4-2-3-5-15(12)13/h2-5,11,13,16H,6-10H2,1H3. The molecule has 0 amide bonds. The molecule has 1 aliphatic rings. The number of hydrogen-bond acceptors (Lipinski definition) is 4. The Bertz CT molecular complexity index is 567. The van der Waals surface area contributed by atoms with E-state index in [-0.39, 0.29) is 0 Å². The highest BCUT2D eigenvalue weighted by atomic mass is 16.5. The molecule has 0 radical (unpaired) electrons.